The Morgan fingerprint density at radius 3 is 2.52 bits per heavy atom. The minimum absolute atomic E-state index is 0.0136. The van der Waals surface area contributed by atoms with Crippen LogP contribution in [0.2, 0.25) is 0 Å². The van der Waals surface area contributed by atoms with E-state index in [0.29, 0.717) is 36.8 Å². The number of halogens is 1. The van der Waals surface area contributed by atoms with Gasteiger partial charge in [-0.1, -0.05) is 6.92 Å². The fraction of sp³-hybridized carbons (Fsp3) is 0.471. The second kappa shape index (κ2) is 7.08. The van der Waals surface area contributed by atoms with Gasteiger partial charge in [0.1, 0.15) is 23.4 Å². The highest BCUT2D eigenvalue weighted by Gasteiger charge is 2.32. The van der Waals surface area contributed by atoms with Crippen molar-refractivity contribution in [3.05, 3.63) is 45.9 Å². The third-order valence-electron chi connectivity index (χ3n) is 4.44. The van der Waals surface area contributed by atoms with E-state index in [1.54, 1.807) is 23.9 Å². The van der Waals surface area contributed by atoms with Crippen LogP contribution in [0.3, 0.4) is 0 Å². The van der Waals surface area contributed by atoms with Crippen LogP contribution < -0.4 is 9.64 Å². The highest BCUT2D eigenvalue weighted by atomic mass is 19.1. The third kappa shape index (κ3) is 3.57. The lowest BCUT2D eigenvalue weighted by atomic mass is 10.1. The van der Waals surface area contributed by atoms with E-state index >= 15 is 0 Å². The predicted octanol–water partition coefficient (Wildman–Crippen LogP) is 3.08. The topological polar surface area (TPSA) is 73.4 Å². The molecular formula is C17H21FN4O3. The molecule has 7 nitrogen and oxygen atoms in total. The summed E-state index contributed by atoms with van der Waals surface area (Å²) in [7, 11) is 1.74. The summed E-state index contributed by atoms with van der Waals surface area (Å²) in [6.45, 7) is 3.16. The molecule has 2 heterocycles. The Morgan fingerprint density at radius 1 is 1.32 bits per heavy atom. The molecule has 0 aliphatic carbocycles. The molecule has 25 heavy (non-hydrogen) atoms. The van der Waals surface area contributed by atoms with Gasteiger partial charge in [-0.2, -0.15) is 5.10 Å². The lowest BCUT2D eigenvalue weighted by Crippen LogP contribution is -2.39. The molecule has 1 aliphatic rings. The van der Waals surface area contributed by atoms with E-state index < -0.39 is 0 Å². The molecule has 2 aromatic rings. The van der Waals surface area contributed by atoms with Crippen molar-refractivity contribution in [2.24, 2.45) is 7.05 Å². The van der Waals surface area contributed by atoms with E-state index in [0.717, 1.165) is 12.8 Å². The molecule has 1 fully saturated rings. The molecule has 1 aromatic carbocycles. The van der Waals surface area contributed by atoms with Gasteiger partial charge < -0.3 is 9.64 Å². The Balaban J connectivity index is 1.69. The molecule has 0 unspecified atom stereocenters. The fourth-order valence-corrected chi connectivity index (χ4v) is 3.23. The average molecular weight is 348 g/mol. The van der Waals surface area contributed by atoms with Gasteiger partial charge >= 0.3 is 5.69 Å². The van der Waals surface area contributed by atoms with Crippen LogP contribution in [-0.4, -0.2) is 33.9 Å². The maximum absolute atomic E-state index is 13.0. The molecule has 0 saturated carbocycles. The van der Waals surface area contributed by atoms with Crippen molar-refractivity contribution >= 4 is 11.5 Å². The van der Waals surface area contributed by atoms with E-state index in [-0.39, 0.29) is 22.5 Å². The van der Waals surface area contributed by atoms with Crippen LogP contribution in [0.4, 0.5) is 15.9 Å². The van der Waals surface area contributed by atoms with Crippen LogP contribution >= 0.6 is 0 Å². The number of aryl methyl sites for hydroxylation is 2. The van der Waals surface area contributed by atoms with Crippen LogP contribution in [0.5, 0.6) is 5.75 Å². The molecular weight excluding hydrogens is 327 g/mol. The fourth-order valence-electron chi connectivity index (χ4n) is 3.23. The van der Waals surface area contributed by atoms with Crippen molar-refractivity contribution in [1.29, 1.82) is 0 Å². The molecule has 0 amide bonds. The summed E-state index contributed by atoms with van der Waals surface area (Å²) >= 11 is 0. The largest absolute Gasteiger partial charge is 0.490 e. The number of nitrogens with zero attached hydrogens (tertiary/aromatic N) is 4. The molecule has 1 aliphatic heterocycles. The van der Waals surface area contributed by atoms with Crippen LogP contribution in [0, 0.1) is 15.9 Å². The zero-order chi connectivity index (χ0) is 18.0. The zero-order valence-corrected chi connectivity index (χ0v) is 14.3. The minimum Gasteiger partial charge on any atom is -0.490 e. The predicted molar refractivity (Wildman–Crippen MR) is 91.5 cm³/mol. The minimum atomic E-state index is -0.345. The summed E-state index contributed by atoms with van der Waals surface area (Å²) in [5, 5.41) is 15.7. The van der Waals surface area contributed by atoms with Gasteiger partial charge in [0.15, 0.2) is 0 Å². The van der Waals surface area contributed by atoms with Gasteiger partial charge in [0.05, 0.1) is 4.92 Å². The number of ether oxygens (including phenoxy) is 1. The molecule has 0 radical (unpaired) electrons. The van der Waals surface area contributed by atoms with Crippen molar-refractivity contribution in [2.75, 3.05) is 18.0 Å². The van der Waals surface area contributed by atoms with Gasteiger partial charge in [-0.15, -0.1) is 0 Å². The second-order valence-corrected chi connectivity index (χ2v) is 6.11. The van der Waals surface area contributed by atoms with Crippen molar-refractivity contribution < 1.29 is 14.1 Å². The van der Waals surface area contributed by atoms with Gasteiger partial charge in [-0.25, -0.2) is 9.07 Å². The molecule has 134 valence electrons. The Hall–Kier alpha value is -2.64. The van der Waals surface area contributed by atoms with Crippen LogP contribution in [0.1, 0.15) is 25.5 Å². The Morgan fingerprint density at radius 2 is 1.96 bits per heavy atom. The van der Waals surface area contributed by atoms with E-state index in [4.69, 9.17) is 4.74 Å². The molecule has 8 heteroatoms. The molecule has 1 aromatic heterocycles. The summed E-state index contributed by atoms with van der Waals surface area (Å²) in [5.74, 6) is 0.902. The number of anilines is 1. The van der Waals surface area contributed by atoms with Crippen molar-refractivity contribution in [1.82, 2.24) is 9.78 Å². The Kier molecular flexibility index (Phi) is 4.87. The summed E-state index contributed by atoms with van der Waals surface area (Å²) in [4.78, 5) is 13.1. The van der Waals surface area contributed by atoms with Crippen molar-refractivity contribution in [3.8, 4) is 5.75 Å². The van der Waals surface area contributed by atoms with Gasteiger partial charge in [0, 0.05) is 33.0 Å². The van der Waals surface area contributed by atoms with Crippen molar-refractivity contribution in [3.63, 3.8) is 0 Å². The molecule has 0 atom stereocenters. The molecule has 0 spiro atoms. The number of benzene rings is 1. The Bertz CT molecular complexity index is 752. The zero-order valence-electron chi connectivity index (χ0n) is 14.3. The van der Waals surface area contributed by atoms with Gasteiger partial charge in [-0.3, -0.25) is 10.1 Å². The number of nitro groups is 1. The quantitative estimate of drug-likeness (QED) is 0.613. The number of rotatable bonds is 5. The maximum atomic E-state index is 13.0. The monoisotopic (exact) mass is 348 g/mol. The lowest BCUT2D eigenvalue weighted by molar-refractivity contribution is -0.384. The standard InChI is InChI=1S/C17H21FN4O3/c1-3-15-16(22(23)24)17(20(2)19-15)21-10-8-14(9-11-21)25-13-6-4-12(18)5-7-13/h4-7,14H,3,8-11H2,1-2H3. The van der Waals surface area contributed by atoms with Crippen LogP contribution in [0.15, 0.2) is 24.3 Å². The molecule has 0 N–H and O–H groups in total. The summed E-state index contributed by atoms with van der Waals surface area (Å²) in [6.07, 6.45) is 2.01. The van der Waals surface area contributed by atoms with Crippen LogP contribution in [0.25, 0.3) is 0 Å². The molecule has 1 saturated heterocycles. The summed E-state index contributed by atoms with van der Waals surface area (Å²) < 4.78 is 20.4. The van der Waals surface area contributed by atoms with Crippen LogP contribution in [-0.2, 0) is 13.5 Å². The first-order chi connectivity index (χ1) is 12.0. The summed E-state index contributed by atoms with van der Waals surface area (Å²) in [6, 6.07) is 5.97. The van der Waals surface area contributed by atoms with Crippen molar-refractivity contribution in [2.45, 2.75) is 32.3 Å². The molecule has 3 rings (SSSR count). The summed E-state index contributed by atoms with van der Waals surface area (Å²) in [5.41, 5.74) is 0.607. The third-order valence-corrected chi connectivity index (χ3v) is 4.44. The second-order valence-electron chi connectivity index (χ2n) is 6.11. The normalized spacial score (nSPS) is 15.4. The van der Waals surface area contributed by atoms with Gasteiger partial charge in [0.25, 0.3) is 0 Å². The highest BCUT2D eigenvalue weighted by molar-refractivity contribution is 5.61. The molecule has 0 bridgehead atoms. The SMILES string of the molecule is CCc1nn(C)c(N2CCC(Oc3ccc(F)cc3)CC2)c1[N+](=O)[O-]. The lowest BCUT2D eigenvalue weighted by Gasteiger charge is -2.32. The number of aromatic nitrogens is 2. The van der Waals surface area contributed by atoms with E-state index in [1.165, 1.54) is 12.1 Å². The van der Waals surface area contributed by atoms with E-state index in [1.807, 2.05) is 11.8 Å². The highest BCUT2D eigenvalue weighted by Crippen LogP contribution is 2.33. The number of hydrogen-bond donors (Lipinski definition) is 0. The van der Waals surface area contributed by atoms with E-state index in [2.05, 4.69) is 5.10 Å². The first kappa shape index (κ1) is 17.2. The van der Waals surface area contributed by atoms with Gasteiger partial charge in [-0.05, 0) is 30.7 Å². The maximum Gasteiger partial charge on any atom is 0.334 e. The number of piperidine rings is 1. The van der Waals surface area contributed by atoms with E-state index in [9.17, 15) is 14.5 Å². The smallest absolute Gasteiger partial charge is 0.334 e. The first-order valence-corrected chi connectivity index (χ1v) is 8.37. The van der Waals surface area contributed by atoms with Gasteiger partial charge in [0.2, 0.25) is 5.82 Å². The Labute approximate surface area is 145 Å². The number of hydrogen-bond acceptors (Lipinski definition) is 5. The first-order valence-electron chi connectivity index (χ1n) is 8.37. The average Bonchev–Trinajstić information content (AvgIpc) is 2.94.